The maximum absolute atomic E-state index is 8.67. The summed E-state index contributed by atoms with van der Waals surface area (Å²) >= 11 is 0. The van der Waals surface area contributed by atoms with Crippen molar-refractivity contribution in [1.82, 2.24) is 5.32 Å². The Labute approximate surface area is 203 Å². The molecule has 0 saturated heterocycles. The second-order valence-corrected chi connectivity index (χ2v) is 12.9. The van der Waals surface area contributed by atoms with Crippen molar-refractivity contribution >= 4 is 0 Å². The molecule has 5 heteroatoms. The first kappa shape index (κ1) is 39.0. The zero-order chi connectivity index (χ0) is 26.8. The maximum Gasteiger partial charge on any atom is 0.0599 e. The minimum absolute atomic E-state index is 0.0284. The molecule has 2 unspecified atom stereocenters. The summed E-state index contributed by atoms with van der Waals surface area (Å²) in [5.74, 6) is 1.03. The molecular weight excluding hydrogens is 398 g/mol. The predicted molar refractivity (Wildman–Crippen MR) is 146 cm³/mol. The van der Waals surface area contributed by atoms with Gasteiger partial charge in [-0.25, -0.2) is 0 Å². The van der Waals surface area contributed by atoms with E-state index in [1.165, 1.54) is 6.42 Å². The van der Waals surface area contributed by atoms with Gasteiger partial charge in [0.2, 0.25) is 0 Å². The number of aliphatic hydroxyl groups is 1. The molecule has 200 valence electrons. The van der Waals surface area contributed by atoms with E-state index in [1.54, 1.807) is 0 Å². The van der Waals surface area contributed by atoms with E-state index < -0.39 is 0 Å². The first-order valence-corrected chi connectivity index (χ1v) is 12.5. The first-order chi connectivity index (χ1) is 14.1. The Morgan fingerprint density at radius 3 is 1.25 bits per heavy atom. The van der Waals surface area contributed by atoms with Gasteiger partial charge in [-0.05, 0) is 83.7 Å². The summed E-state index contributed by atoms with van der Waals surface area (Å²) in [5, 5.41) is 12.0. The van der Waals surface area contributed by atoms with E-state index in [0.717, 1.165) is 13.1 Å². The van der Waals surface area contributed by atoms with Crippen LogP contribution in [0.1, 0.15) is 110 Å². The Morgan fingerprint density at radius 2 is 1.19 bits per heavy atom. The molecule has 0 aliphatic carbocycles. The number of aliphatic hydroxyl groups excluding tert-OH is 1. The van der Waals surface area contributed by atoms with Gasteiger partial charge in [-0.15, -0.1) is 0 Å². The summed E-state index contributed by atoms with van der Waals surface area (Å²) in [6.45, 7) is 35.5. The third-order valence-electron chi connectivity index (χ3n) is 5.14. The molecule has 0 aliphatic heterocycles. The van der Waals surface area contributed by atoms with Gasteiger partial charge in [0.25, 0.3) is 0 Å². The fraction of sp³-hybridized carbons (Fsp3) is 1.00. The lowest BCUT2D eigenvalue weighted by Gasteiger charge is -2.25. The standard InChI is InChI=1S/2C7H17N.C7H16O.C6H15NO/c1-6(5-8)7(2,3)4;1-5-6-8-7(2,3)4;1-6(5-8)7(2,3)4;1-6(2,3)8-5-4-7/h6H,5,8H2,1-4H3;8H,5-6H2,1-4H3;6,8H,5H2,1-4H3;4-5,7H2,1-3H3. The van der Waals surface area contributed by atoms with Gasteiger partial charge in [0.1, 0.15) is 0 Å². The summed E-state index contributed by atoms with van der Waals surface area (Å²) in [6, 6.07) is 0. The van der Waals surface area contributed by atoms with Crippen LogP contribution in [0.25, 0.3) is 0 Å². The average Bonchev–Trinajstić information content (AvgIpc) is 2.62. The molecule has 0 aliphatic rings. The Kier molecular flexibility index (Phi) is 23.4. The normalized spacial score (nSPS) is 14.1. The van der Waals surface area contributed by atoms with Crippen LogP contribution in [0, 0.1) is 22.7 Å². The summed E-state index contributed by atoms with van der Waals surface area (Å²) in [4.78, 5) is 0. The third kappa shape index (κ3) is 37.1. The highest BCUT2D eigenvalue weighted by Gasteiger charge is 2.18. The lowest BCUT2D eigenvalue weighted by molar-refractivity contribution is 0.00195. The molecule has 0 rings (SSSR count). The van der Waals surface area contributed by atoms with Gasteiger partial charge >= 0.3 is 0 Å². The summed E-state index contributed by atoms with van der Waals surface area (Å²) in [6.07, 6.45) is 1.22. The predicted octanol–water partition coefficient (Wildman–Crippen LogP) is 5.83. The fourth-order valence-corrected chi connectivity index (χ4v) is 1.49. The van der Waals surface area contributed by atoms with E-state index in [9.17, 15) is 0 Å². The monoisotopic (exact) mass is 464 g/mol. The van der Waals surface area contributed by atoms with Crippen molar-refractivity contribution in [2.75, 3.05) is 32.8 Å². The SMILES string of the molecule is CC(C)(C)OCCN.CC(CN)C(C)(C)C.CC(CO)C(C)(C)C.CCCNC(C)(C)C. The van der Waals surface area contributed by atoms with Crippen LogP contribution in [-0.4, -0.2) is 49.1 Å². The summed E-state index contributed by atoms with van der Waals surface area (Å²) in [7, 11) is 0. The van der Waals surface area contributed by atoms with E-state index >= 15 is 0 Å². The number of rotatable bonds is 6. The molecular formula is C27H65N3O2. The summed E-state index contributed by atoms with van der Waals surface area (Å²) in [5.41, 5.74) is 11.6. The zero-order valence-electron chi connectivity index (χ0n) is 24.9. The number of ether oxygens (including phenoxy) is 1. The van der Waals surface area contributed by atoms with Crippen LogP contribution in [-0.2, 0) is 4.74 Å². The van der Waals surface area contributed by atoms with Crippen molar-refractivity contribution < 1.29 is 9.84 Å². The highest BCUT2D eigenvalue weighted by Crippen LogP contribution is 2.24. The van der Waals surface area contributed by atoms with Crippen molar-refractivity contribution in [2.45, 2.75) is 121 Å². The van der Waals surface area contributed by atoms with E-state index in [0.29, 0.717) is 42.5 Å². The van der Waals surface area contributed by atoms with Crippen LogP contribution in [0.15, 0.2) is 0 Å². The van der Waals surface area contributed by atoms with E-state index in [2.05, 4.69) is 88.4 Å². The largest absolute Gasteiger partial charge is 0.396 e. The Morgan fingerprint density at radius 1 is 0.781 bits per heavy atom. The van der Waals surface area contributed by atoms with Crippen molar-refractivity contribution in [2.24, 2.45) is 34.1 Å². The van der Waals surface area contributed by atoms with Crippen molar-refractivity contribution in [3.05, 3.63) is 0 Å². The molecule has 0 spiro atoms. The quantitative estimate of drug-likeness (QED) is 0.397. The molecule has 0 saturated carbocycles. The molecule has 32 heavy (non-hydrogen) atoms. The van der Waals surface area contributed by atoms with Gasteiger partial charge in [-0.3, -0.25) is 0 Å². The van der Waals surface area contributed by atoms with E-state index in [1.807, 2.05) is 20.8 Å². The van der Waals surface area contributed by atoms with Gasteiger partial charge in [0.05, 0.1) is 12.2 Å². The zero-order valence-corrected chi connectivity index (χ0v) is 24.9. The highest BCUT2D eigenvalue weighted by molar-refractivity contribution is 4.70. The maximum atomic E-state index is 8.67. The van der Waals surface area contributed by atoms with Crippen molar-refractivity contribution in [3.8, 4) is 0 Å². The molecule has 0 amide bonds. The number of hydrogen-bond donors (Lipinski definition) is 4. The molecule has 0 aromatic heterocycles. The molecule has 0 aromatic carbocycles. The van der Waals surface area contributed by atoms with E-state index in [-0.39, 0.29) is 11.0 Å². The molecule has 5 nitrogen and oxygen atoms in total. The van der Waals surface area contributed by atoms with Gasteiger partial charge in [-0.2, -0.15) is 0 Å². The first-order valence-electron chi connectivity index (χ1n) is 12.5. The Hall–Kier alpha value is -0.200. The lowest BCUT2D eigenvalue weighted by Crippen LogP contribution is -2.36. The number of hydrogen-bond acceptors (Lipinski definition) is 5. The van der Waals surface area contributed by atoms with Gasteiger partial charge in [-0.1, -0.05) is 62.3 Å². The Balaban J connectivity index is -0.000000163. The molecule has 0 bridgehead atoms. The second-order valence-electron chi connectivity index (χ2n) is 12.9. The van der Waals surface area contributed by atoms with Crippen LogP contribution in [0.3, 0.4) is 0 Å². The molecule has 2 atom stereocenters. The number of nitrogens with one attached hydrogen (secondary N) is 1. The molecule has 0 radical (unpaired) electrons. The van der Waals surface area contributed by atoms with E-state index in [4.69, 9.17) is 21.3 Å². The summed E-state index contributed by atoms with van der Waals surface area (Å²) < 4.78 is 5.25. The van der Waals surface area contributed by atoms with Crippen LogP contribution in [0.5, 0.6) is 0 Å². The van der Waals surface area contributed by atoms with Crippen LogP contribution < -0.4 is 16.8 Å². The van der Waals surface area contributed by atoms with Crippen molar-refractivity contribution in [3.63, 3.8) is 0 Å². The third-order valence-corrected chi connectivity index (χ3v) is 5.14. The fourth-order valence-electron chi connectivity index (χ4n) is 1.49. The smallest absolute Gasteiger partial charge is 0.0599 e. The lowest BCUT2D eigenvalue weighted by atomic mass is 9.82. The van der Waals surface area contributed by atoms with Crippen LogP contribution >= 0.6 is 0 Å². The number of nitrogens with two attached hydrogens (primary N) is 2. The average molecular weight is 464 g/mol. The van der Waals surface area contributed by atoms with Gasteiger partial charge in [0, 0.05) is 18.7 Å². The topological polar surface area (TPSA) is 93.5 Å². The molecule has 0 fully saturated rings. The van der Waals surface area contributed by atoms with Gasteiger partial charge in [0.15, 0.2) is 0 Å². The highest BCUT2D eigenvalue weighted by atomic mass is 16.5. The Bertz CT molecular complexity index is 348. The van der Waals surface area contributed by atoms with Crippen LogP contribution in [0.4, 0.5) is 0 Å². The second kappa shape index (κ2) is 19.1. The molecule has 0 aromatic rings. The molecule has 0 heterocycles. The van der Waals surface area contributed by atoms with Crippen molar-refractivity contribution in [1.29, 1.82) is 0 Å². The minimum Gasteiger partial charge on any atom is -0.396 e. The van der Waals surface area contributed by atoms with Gasteiger partial charge < -0.3 is 26.6 Å². The minimum atomic E-state index is -0.0284. The molecule has 6 N–H and O–H groups in total. The van der Waals surface area contributed by atoms with Crippen LogP contribution in [0.2, 0.25) is 0 Å².